The largest absolute Gasteiger partial charge is 0.379 e. The van der Waals surface area contributed by atoms with Crippen LogP contribution in [0.4, 0.5) is 0 Å². The van der Waals surface area contributed by atoms with E-state index < -0.39 is 0 Å². The van der Waals surface area contributed by atoms with Crippen molar-refractivity contribution in [3.63, 3.8) is 0 Å². The molecule has 124 valence electrons. The second kappa shape index (κ2) is 8.67. The maximum atomic E-state index is 5.41. The predicted molar refractivity (Wildman–Crippen MR) is 87.3 cm³/mol. The van der Waals surface area contributed by atoms with E-state index in [1.807, 2.05) is 0 Å². The number of rotatable bonds is 7. The number of nitrogens with zero attached hydrogens (tertiary/aromatic N) is 3. The molecule has 5 nitrogen and oxygen atoms in total. The first-order chi connectivity index (χ1) is 10.9. The number of aromatic nitrogens is 1. The maximum Gasteiger partial charge on any atom is 0.0594 e. The molecule has 0 saturated carbocycles. The van der Waals surface area contributed by atoms with Crippen LogP contribution in [0.25, 0.3) is 0 Å². The zero-order valence-electron chi connectivity index (χ0n) is 13.6. The molecule has 0 aliphatic carbocycles. The van der Waals surface area contributed by atoms with Gasteiger partial charge in [0, 0.05) is 51.2 Å². The van der Waals surface area contributed by atoms with Crippen LogP contribution in [0.5, 0.6) is 0 Å². The molecule has 0 aromatic carbocycles. The molecule has 2 aliphatic rings. The van der Waals surface area contributed by atoms with E-state index in [0.717, 1.165) is 65.7 Å². The first-order valence-electron chi connectivity index (χ1n) is 8.66. The lowest BCUT2D eigenvalue weighted by Crippen LogP contribution is -2.38. The third-order valence-electron chi connectivity index (χ3n) is 4.70. The molecule has 22 heavy (non-hydrogen) atoms. The predicted octanol–water partition coefficient (Wildman–Crippen LogP) is 1.09. The summed E-state index contributed by atoms with van der Waals surface area (Å²) in [5.41, 5.74) is 1.47. The molecule has 0 amide bonds. The normalized spacial score (nSPS) is 21.3. The molecule has 0 bridgehead atoms. The molecule has 0 spiro atoms. The van der Waals surface area contributed by atoms with E-state index >= 15 is 0 Å². The molecular formula is C17H29N3O2. The molecule has 1 aromatic heterocycles. The highest BCUT2D eigenvalue weighted by Gasteiger charge is 2.12. The Labute approximate surface area is 133 Å². The smallest absolute Gasteiger partial charge is 0.0594 e. The summed E-state index contributed by atoms with van der Waals surface area (Å²) in [6.07, 6.45) is 4.64. The van der Waals surface area contributed by atoms with Crippen molar-refractivity contribution >= 4 is 0 Å². The number of hydrogen-bond donors (Lipinski definition) is 0. The quantitative estimate of drug-likeness (QED) is 0.754. The van der Waals surface area contributed by atoms with Crippen LogP contribution < -0.4 is 0 Å². The molecule has 3 heterocycles. The van der Waals surface area contributed by atoms with Crippen LogP contribution in [-0.4, -0.2) is 80.1 Å². The molecule has 2 saturated heterocycles. The van der Waals surface area contributed by atoms with Crippen LogP contribution in [0.15, 0.2) is 18.3 Å². The topological polar surface area (TPSA) is 29.9 Å². The van der Waals surface area contributed by atoms with Gasteiger partial charge in [-0.1, -0.05) is 0 Å². The summed E-state index contributed by atoms with van der Waals surface area (Å²) in [5, 5.41) is 0. The molecule has 0 atom stereocenters. The first-order valence-corrected chi connectivity index (χ1v) is 8.66. The fourth-order valence-corrected chi connectivity index (χ4v) is 3.28. The van der Waals surface area contributed by atoms with E-state index in [0.29, 0.717) is 0 Å². The van der Waals surface area contributed by atoms with E-state index in [2.05, 4.69) is 32.7 Å². The van der Waals surface area contributed by atoms with Crippen molar-refractivity contribution < 1.29 is 9.47 Å². The molecule has 5 heteroatoms. The van der Waals surface area contributed by atoms with Gasteiger partial charge in [0.25, 0.3) is 0 Å². The van der Waals surface area contributed by atoms with Crippen molar-refractivity contribution in [2.75, 3.05) is 65.7 Å². The van der Waals surface area contributed by atoms with E-state index in [4.69, 9.17) is 9.47 Å². The van der Waals surface area contributed by atoms with Gasteiger partial charge in [-0.15, -0.1) is 0 Å². The molecule has 2 fully saturated rings. The lowest BCUT2D eigenvalue weighted by molar-refractivity contribution is 0.0361. The van der Waals surface area contributed by atoms with E-state index in [1.54, 1.807) is 0 Å². The molecule has 0 N–H and O–H groups in total. The second-order valence-electron chi connectivity index (χ2n) is 6.20. The number of hydrogen-bond acceptors (Lipinski definition) is 4. The minimum absolute atomic E-state index is 0.887. The zero-order chi connectivity index (χ0) is 15.0. The molecule has 0 radical (unpaired) electrons. The Morgan fingerprint density at radius 3 is 2.14 bits per heavy atom. The molecule has 3 rings (SSSR count). The van der Waals surface area contributed by atoms with Crippen LogP contribution in [0, 0.1) is 0 Å². The summed E-state index contributed by atoms with van der Waals surface area (Å²) in [5.74, 6) is 0. The van der Waals surface area contributed by atoms with Gasteiger partial charge in [-0.25, -0.2) is 0 Å². The minimum Gasteiger partial charge on any atom is -0.379 e. The van der Waals surface area contributed by atoms with Crippen molar-refractivity contribution in [3.05, 3.63) is 24.0 Å². The summed E-state index contributed by atoms with van der Waals surface area (Å²) < 4.78 is 13.2. The van der Waals surface area contributed by atoms with Gasteiger partial charge in [0.15, 0.2) is 0 Å². The van der Waals surface area contributed by atoms with Crippen molar-refractivity contribution in [3.8, 4) is 0 Å². The summed E-state index contributed by atoms with van der Waals surface area (Å²) in [4.78, 5) is 5.02. The van der Waals surface area contributed by atoms with Gasteiger partial charge in [0.1, 0.15) is 0 Å². The van der Waals surface area contributed by atoms with Gasteiger partial charge >= 0.3 is 0 Å². The van der Waals surface area contributed by atoms with Crippen molar-refractivity contribution in [2.24, 2.45) is 0 Å². The van der Waals surface area contributed by atoms with Gasteiger partial charge < -0.3 is 14.0 Å². The fourth-order valence-electron chi connectivity index (χ4n) is 3.28. The maximum absolute atomic E-state index is 5.41. The molecular weight excluding hydrogens is 278 g/mol. The van der Waals surface area contributed by atoms with Gasteiger partial charge in [-0.2, -0.15) is 0 Å². The number of aryl methyl sites for hydroxylation is 1. The Morgan fingerprint density at radius 2 is 1.45 bits per heavy atom. The van der Waals surface area contributed by atoms with Gasteiger partial charge in [-0.05, 0) is 31.5 Å². The van der Waals surface area contributed by atoms with Crippen molar-refractivity contribution in [1.29, 1.82) is 0 Å². The minimum atomic E-state index is 0.887. The van der Waals surface area contributed by atoms with Gasteiger partial charge in [-0.3, -0.25) is 9.80 Å². The lowest BCUT2D eigenvalue weighted by Gasteiger charge is -2.27. The van der Waals surface area contributed by atoms with Crippen LogP contribution in [0.2, 0.25) is 0 Å². The monoisotopic (exact) mass is 307 g/mol. The summed E-state index contributed by atoms with van der Waals surface area (Å²) in [6.45, 7) is 11.3. The van der Waals surface area contributed by atoms with E-state index in [9.17, 15) is 0 Å². The van der Waals surface area contributed by atoms with E-state index in [1.165, 1.54) is 25.1 Å². The average Bonchev–Trinajstić information content (AvgIpc) is 3.02. The standard InChI is InChI=1S/C17H29N3O2/c1(5-18-9-13-21-14-10-18)3-17-4-2-6-20(17)8-7-19-11-15-22-16-12-19/h2,4,6H,1,3,5,7-16H2. The van der Waals surface area contributed by atoms with Crippen LogP contribution in [0.3, 0.4) is 0 Å². The Hall–Kier alpha value is -0.880. The zero-order valence-corrected chi connectivity index (χ0v) is 13.6. The third-order valence-corrected chi connectivity index (χ3v) is 4.70. The number of morpholine rings is 2. The van der Waals surface area contributed by atoms with Gasteiger partial charge in [0.2, 0.25) is 0 Å². The first kappa shape index (κ1) is 16.0. The van der Waals surface area contributed by atoms with Crippen LogP contribution in [-0.2, 0) is 22.4 Å². The molecule has 1 aromatic rings. The lowest BCUT2D eigenvalue weighted by atomic mass is 10.2. The van der Waals surface area contributed by atoms with Crippen LogP contribution in [0.1, 0.15) is 12.1 Å². The molecule has 0 unspecified atom stereocenters. The summed E-state index contributed by atoms with van der Waals surface area (Å²) >= 11 is 0. The molecule has 2 aliphatic heterocycles. The Balaban J connectivity index is 1.39. The van der Waals surface area contributed by atoms with Crippen molar-refractivity contribution in [1.82, 2.24) is 14.4 Å². The Kier molecular flexibility index (Phi) is 6.31. The highest BCUT2D eigenvalue weighted by atomic mass is 16.5. The highest BCUT2D eigenvalue weighted by Crippen LogP contribution is 2.08. The summed E-state index contributed by atoms with van der Waals surface area (Å²) in [6, 6.07) is 4.46. The number of ether oxygens (including phenoxy) is 2. The van der Waals surface area contributed by atoms with E-state index in [-0.39, 0.29) is 0 Å². The highest BCUT2D eigenvalue weighted by molar-refractivity contribution is 5.07. The van der Waals surface area contributed by atoms with Crippen LogP contribution >= 0.6 is 0 Å². The Morgan fingerprint density at radius 1 is 0.818 bits per heavy atom. The SMILES string of the molecule is c1cc(CCCN2CCOCC2)n(CCN2CCOCC2)c1. The van der Waals surface area contributed by atoms with Gasteiger partial charge in [0.05, 0.1) is 26.4 Å². The van der Waals surface area contributed by atoms with Crippen molar-refractivity contribution in [2.45, 2.75) is 19.4 Å². The third kappa shape index (κ3) is 4.81. The fraction of sp³-hybridized carbons (Fsp3) is 0.765. The second-order valence-corrected chi connectivity index (χ2v) is 6.20. The Bertz CT molecular complexity index is 423. The average molecular weight is 307 g/mol. The summed E-state index contributed by atoms with van der Waals surface area (Å²) in [7, 11) is 0.